The molecule has 4 nitrogen and oxygen atoms in total. The second-order valence-electron chi connectivity index (χ2n) is 5.17. The molecule has 20 heavy (non-hydrogen) atoms. The fourth-order valence-corrected chi connectivity index (χ4v) is 1.85. The average Bonchev–Trinajstić information content (AvgIpc) is 2.42. The summed E-state index contributed by atoms with van der Waals surface area (Å²) < 4.78 is 5.46. The second kappa shape index (κ2) is 8.72. The first kappa shape index (κ1) is 16.7. The van der Waals surface area contributed by atoms with Crippen molar-refractivity contribution in [1.82, 2.24) is 10.6 Å². The van der Waals surface area contributed by atoms with Gasteiger partial charge in [-0.3, -0.25) is 4.79 Å². The molecule has 0 spiro atoms. The zero-order valence-corrected chi connectivity index (χ0v) is 12.9. The molecule has 4 heteroatoms. The molecule has 0 heterocycles. The molecule has 2 N–H and O–H groups in total. The van der Waals surface area contributed by atoms with Crippen LogP contribution in [-0.2, 0) is 22.7 Å². The highest BCUT2D eigenvalue weighted by atomic mass is 16.5. The quantitative estimate of drug-likeness (QED) is 0.766. The van der Waals surface area contributed by atoms with Gasteiger partial charge in [0.05, 0.1) is 12.6 Å². The van der Waals surface area contributed by atoms with Gasteiger partial charge in [-0.05, 0) is 38.8 Å². The Bertz CT molecular complexity index is 419. The van der Waals surface area contributed by atoms with Gasteiger partial charge in [0.1, 0.15) is 0 Å². The Labute approximate surface area is 121 Å². The van der Waals surface area contributed by atoms with Crippen molar-refractivity contribution in [3.63, 3.8) is 0 Å². The molecule has 0 aromatic heterocycles. The number of hydrogen-bond acceptors (Lipinski definition) is 3. The van der Waals surface area contributed by atoms with Crippen LogP contribution in [0.15, 0.2) is 24.3 Å². The molecular formula is C16H26N2O2. The maximum absolute atomic E-state index is 11.8. The monoisotopic (exact) mass is 278 g/mol. The Morgan fingerprint density at radius 3 is 2.45 bits per heavy atom. The lowest BCUT2D eigenvalue weighted by molar-refractivity contribution is -0.123. The van der Waals surface area contributed by atoms with E-state index in [4.69, 9.17) is 4.74 Å². The van der Waals surface area contributed by atoms with Gasteiger partial charge in [-0.25, -0.2) is 0 Å². The van der Waals surface area contributed by atoms with Gasteiger partial charge in [0, 0.05) is 19.2 Å². The van der Waals surface area contributed by atoms with Crippen LogP contribution in [0.25, 0.3) is 0 Å². The molecule has 0 bridgehead atoms. The number of nitrogens with one attached hydrogen (secondary N) is 2. The van der Waals surface area contributed by atoms with Crippen LogP contribution in [0.4, 0.5) is 0 Å². The Balaban J connectivity index is 2.54. The smallest absolute Gasteiger partial charge is 0.237 e. The Morgan fingerprint density at radius 1 is 1.20 bits per heavy atom. The van der Waals surface area contributed by atoms with Gasteiger partial charge >= 0.3 is 0 Å². The van der Waals surface area contributed by atoms with Crippen LogP contribution >= 0.6 is 0 Å². The Hall–Kier alpha value is -1.39. The van der Waals surface area contributed by atoms with Gasteiger partial charge < -0.3 is 15.4 Å². The lowest BCUT2D eigenvalue weighted by Gasteiger charge is -2.17. The lowest BCUT2D eigenvalue weighted by atomic mass is 10.1. The van der Waals surface area contributed by atoms with Crippen LogP contribution in [-0.4, -0.2) is 24.6 Å². The molecule has 1 atom stereocenters. The fourth-order valence-electron chi connectivity index (χ4n) is 1.85. The standard InChI is InChI=1S/C16H26N2O2/c1-5-20-11-15-9-7-6-8-14(15)10-17-13(4)16(19)18-12(2)3/h6-9,12-13,17H,5,10-11H2,1-4H3,(H,18,19). The first-order chi connectivity index (χ1) is 9.54. The number of hydrogen-bond donors (Lipinski definition) is 2. The van der Waals surface area contributed by atoms with Crippen LogP contribution in [0, 0.1) is 0 Å². The van der Waals surface area contributed by atoms with E-state index < -0.39 is 0 Å². The van der Waals surface area contributed by atoms with Gasteiger partial charge in [0.25, 0.3) is 0 Å². The van der Waals surface area contributed by atoms with Crippen molar-refractivity contribution in [2.75, 3.05) is 6.61 Å². The summed E-state index contributed by atoms with van der Waals surface area (Å²) in [5.41, 5.74) is 2.34. The van der Waals surface area contributed by atoms with E-state index in [9.17, 15) is 4.79 Å². The van der Waals surface area contributed by atoms with Crippen molar-refractivity contribution in [2.24, 2.45) is 0 Å². The van der Waals surface area contributed by atoms with Crippen molar-refractivity contribution < 1.29 is 9.53 Å². The van der Waals surface area contributed by atoms with Crippen molar-refractivity contribution in [3.05, 3.63) is 35.4 Å². The third-order valence-corrected chi connectivity index (χ3v) is 3.00. The predicted octanol–water partition coefficient (Wildman–Crippen LogP) is 2.23. The summed E-state index contributed by atoms with van der Waals surface area (Å²) in [6, 6.07) is 8.09. The lowest BCUT2D eigenvalue weighted by Crippen LogP contribution is -2.44. The largest absolute Gasteiger partial charge is 0.377 e. The van der Waals surface area contributed by atoms with E-state index in [-0.39, 0.29) is 18.0 Å². The molecule has 0 aliphatic rings. The van der Waals surface area contributed by atoms with Crippen LogP contribution in [0.3, 0.4) is 0 Å². The summed E-state index contributed by atoms with van der Waals surface area (Å²) >= 11 is 0. The fraction of sp³-hybridized carbons (Fsp3) is 0.562. The van der Waals surface area contributed by atoms with E-state index >= 15 is 0 Å². The molecule has 1 unspecified atom stereocenters. The second-order valence-corrected chi connectivity index (χ2v) is 5.17. The van der Waals surface area contributed by atoms with E-state index in [1.807, 2.05) is 39.8 Å². The number of ether oxygens (including phenoxy) is 1. The average molecular weight is 278 g/mol. The molecular weight excluding hydrogens is 252 g/mol. The molecule has 1 rings (SSSR count). The maximum Gasteiger partial charge on any atom is 0.237 e. The van der Waals surface area contributed by atoms with Crippen molar-refractivity contribution in [1.29, 1.82) is 0 Å². The molecule has 112 valence electrons. The molecule has 0 saturated carbocycles. The van der Waals surface area contributed by atoms with Crippen molar-refractivity contribution in [3.8, 4) is 0 Å². The first-order valence-corrected chi connectivity index (χ1v) is 7.22. The van der Waals surface area contributed by atoms with Crippen LogP contribution in [0.5, 0.6) is 0 Å². The van der Waals surface area contributed by atoms with E-state index in [0.29, 0.717) is 19.8 Å². The van der Waals surface area contributed by atoms with Crippen LogP contribution < -0.4 is 10.6 Å². The van der Waals surface area contributed by atoms with E-state index in [1.54, 1.807) is 0 Å². The summed E-state index contributed by atoms with van der Waals surface area (Å²) in [6.45, 7) is 9.76. The highest BCUT2D eigenvalue weighted by molar-refractivity contribution is 5.81. The minimum absolute atomic E-state index is 0.0299. The highest BCUT2D eigenvalue weighted by Crippen LogP contribution is 2.10. The minimum atomic E-state index is -0.211. The molecule has 1 amide bonds. The molecule has 0 fully saturated rings. The molecule has 0 radical (unpaired) electrons. The Kier molecular flexibility index (Phi) is 7.26. The van der Waals surface area contributed by atoms with E-state index in [0.717, 1.165) is 0 Å². The summed E-state index contributed by atoms with van der Waals surface area (Å²) in [7, 11) is 0. The highest BCUT2D eigenvalue weighted by Gasteiger charge is 2.13. The zero-order chi connectivity index (χ0) is 15.0. The Morgan fingerprint density at radius 2 is 1.85 bits per heavy atom. The van der Waals surface area contributed by atoms with E-state index in [1.165, 1.54) is 11.1 Å². The van der Waals surface area contributed by atoms with Gasteiger partial charge in [-0.15, -0.1) is 0 Å². The van der Waals surface area contributed by atoms with Gasteiger partial charge in [0.2, 0.25) is 5.91 Å². The van der Waals surface area contributed by atoms with Crippen LogP contribution in [0.2, 0.25) is 0 Å². The summed E-state index contributed by atoms with van der Waals surface area (Å²) in [5, 5.41) is 6.15. The summed E-state index contributed by atoms with van der Waals surface area (Å²) in [5.74, 6) is 0.0299. The van der Waals surface area contributed by atoms with Gasteiger partial charge in [-0.1, -0.05) is 24.3 Å². The zero-order valence-electron chi connectivity index (χ0n) is 12.9. The number of carbonyl (C=O) groups excluding carboxylic acids is 1. The predicted molar refractivity (Wildman–Crippen MR) is 81.4 cm³/mol. The molecule has 0 saturated heterocycles. The third kappa shape index (κ3) is 5.72. The molecule has 0 aliphatic carbocycles. The maximum atomic E-state index is 11.8. The SMILES string of the molecule is CCOCc1ccccc1CNC(C)C(=O)NC(C)C. The van der Waals surface area contributed by atoms with Crippen molar-refractivity contribution >= 4 is 5.91 Å². The summed E-state index contributed by atoms with van der Waals surface area (Å²) in [6.07, 6.45) is 0. The van der Waals surface area contributed by atoms with Crippen molar-refractivity contribution in [2.45, 2.75) is 52.9 Å². The van der Waals surface area contributed by atoms with E-state index in [2.05, 4.69) is 22.8 Å². The molecule has 1 aromatic carbocycles. The van der Waals surface area contributed by atoms with Gasteiger partial charge in [-0.2, -0.15) is 0 Å². The number of amides is 1. The minimum Gasteiger partial charge on any atom is -0.377 e. The third-order valence-electron chi connectivity index (χ3n) is 3.00. The summed E-state index contributed by atoms with van der Waals surface area (Å²) in [4.78, 5) is 11.8. The normalized spacial score (nSPS) is 12.4. The van der Waals surface area contributed by atoms with Gasteiger partial charge in [0.15, 0.2) is 0 Å². The number of carbonyl (C=O) groups is 1. The molecule has 1 aromatic rings. The number of benzene rings is 1. The topological polar surface area (TPSA) is 50.4 Å². The number of rotatable bonds is 8. The first-order valence-electron chi connectivity index (χ1n) is 7.22. The van der Waals surface area contributed by atoms with Crippen LogP contribution in [0.1, 0.15) is 38.8 Å². The molecule has 0 aliphatic heterocycles.